The lowest BCUT2D eigenvalue weighted by Crippen LogP contribution is -2.38. The zero-order chi connectivity index (χ0) is 15.6. The fraction of sp³-hybridized carbons (Fsp3) is 0.538. The van der Waals surface area contributed by atoms with Gasteiger partial charge in [0.2, 0.25) is 15.9 Å². The molecule has 3 heterocycles. The van der Waals surface area contributed by atoms with E-state index in [0.717, 1.165) is 24.3 Å². The van der Waals surface area contributed by atoms with Crippen LogP contribution in [0.15, 0.2) is 21.9 Å². The van der Waals surface area contributed by atoms with Crippen LogP contribution in [-0.2, 0) is 16.6 Å². The summed E-state index contributed by atoms with van der Waals surface area (Å²) in [5.74, 6) is 1.19. The van der Waals surface area contributed by atoms with Gasteiger partial charge in [-0.3, -0.25) is 4.90 Å². The van der Waals surface area contributed by atoms with Crippen LogP contribution < -0.4 is 5.14 Å². The summed E-state index contributed by atoms with van der Waals surface area (Å²) in [6.07, 6.45) is 1.84. The number of nitrogens with zero attached hydrogens (tertiary/aromatic N) is 3. The average Bonchev–Trinajstić information content (AvgIpc) is 3.07. The largest absolute Gasteiger partial charge is 0.419 e. The minimum atomic E-state index is -3.42. The quantitative estimate of drug-likeness (QED) is 0.878. The lowest BCUT2D eigenvalue weighted by molar-refractivity contribution is 0.164. The minimum absolute atomic E-state index is 0.0355. The highest BCUT2D eigenvalue weighted by atomic mass is 32.2. The SMILES string of the molecule is NS(=O)(=O)C[C@@H]1CCCN(Cc2nnc(-c3cccs3)o2)C1. The number of sulfonamides is 1. The molecule has 0 saturated carbocycles. The molecular weight excluding hydrogens is 324 g/mol. The van der Waals surface area contributed by atoms with Crippen LogP contribution in [0.2, 0.25) is 0 Å². The van der Waals surface area contributed by atoms with E-state index in [-0.39, 0.29) is 11.7 Å². The Kier molecular flexibility index (Phi) is 4.57. The Bertz CT molecular complexity index is 711. The molecule has 0 bridgehead atoms. The van der Waals surface area contributed by atoms with Gasteiger partial charge in [-0.2, -0.15) is 0 Å². The van der Waals surface area contributed by atoms with E-state index in [1.165, 1.54) is 0 Å². The van der Waals surface area contributed by atoms with Crippen molar-refractivity contribution in [3.8, 4) is 10.8 Å². The smallest absolute Gasteiger partial charge is 0.257 e. The zero-order valence-corrected chi connectivity index (χ0v) is 13.6. The molecule has 0 aromatic carbocycles. The Labute approximate surface area is 133 Å². The first-order valence-electron chi connectivity index (χ1n) is 7.09. The summed E-state index contributed by atoms with van der Waals surface area (Å²) in [7, 11) is -3.42. The summed E-state index contributed by atoms with van der Waals surface area (Å²) in [6.45, 7) is 2.13. The first kappa shape index (κ1) is 15.6. The van der Waals surface area contributed by atoms with Crippen molar-refractivity contribution in [3.05, 3.63) is 23.4 Å². The fourth-order valence-corrected chi connectivity index (χ4v) is 4.34. The third-order valence-corrected chi connectivity index (χ3v) is 5.42. The van der Waals surface area contributed by atoms with Crippen LogP contribution in [0, 0.1) is 5.92 Å². The number of primary sulfonamides is 1. The molecule has 0 spiro atoms. The van der Waals surface area contributed by atoms with E-state index in [9.17, 15) is 8.42 Å². The molecule has 120 valence electrons. The van der Waals surface area contributed by atoms with Crippen molar-refractivity contribution in [2.75, 3.05) is 18.8 Å². The van der Waals surface area contributed by atoms with Gasteiger partial charge in [-0.05, 0) is 36.8 Å². The lowest BCUT2D eigenvalue weighted by atomic mass is 10.0. The van der Waals surface area contributed by atoms with Crippen molar-refractivity contribution >= 4 is 21.4 Å². The molecule has 1 saturated heterocycles. The third-order valence-electron chi connectivity index (χ3n) is 3.63. The van der Waals surface area contributed by atoms with Gasteiger partial charge in [0.05, 0.1) is 17.2 Å². The topological polar surface area (TPSA) is 102 Å². The van der Waals surface area contributed by atoms with Crippen LogP contribution in [0.1, 0.15) is 18.7 Å². The van der Waals surface area contributed by atoms with E-state index in [1.54, 1.807) is 11.3 Å². The Hall–Kier alpha value is -1.29. The van der Waals surface area contributed by atoms with E-state index in [1.807, 2.05) is 17.5 Å². The summed E-state index contributed by atoms with van der Waals surface area (Å²) >= 11 is 1.55. The molecule has 1 aliphatic heterocycles. The minimum Gasteiger partial charge on any atom is -0.419 e. The van der Waals surface area contributed by atoms with Crippen LogP contribution in [0.5, 0.6) is 0 Å². The highest BCUT2D eigenvalue weighted by Gasteiger charge is 2.24. The maximum Gasteiger partial charge on any atom is 0.257 e. The number of hydrogen-bond donors (Lipinski definition) is 1. The average molecular weight is 342 g/mol. The van der Waals surface area contributed by atoms with Crippen LogP contribution >= 0.6 is 11.3 Å². The van der Waals surface area contributed by atoms with Gasteiger partial charge in [0, 0.05) is 6.54 Å². The van der Waals surface area contributed by atoms with E-state index in [4.69, 9.17) is 9.56 Å². The molecule has 0 aliphatic carbocycles. The van der Waals surface area contributed by atoms with Gasteiger partial charge in [0.1, 0.15) is 0 Å². The van der Waals surface area contributed by atoms with Crippen molar-refractivity contribution in [1.29, 1.82) is 0 Å². The molecular formula is C13H18N4O3S2. The Morgan fingerprint density at radius 2 is 2.32 bits per heavy atom. The van der Waals surface area contributed by atoms with Crippen LogP contribution in [0.25, 0.3) is 10.8 Å². The Morgan fingerprint density at radius 3 is 3.05 bits per heavy atom. The monoisotopic (exact) mass is 342 g/mol. The zero-order valence-electron chi connectivity index (χ0n) is 12.0. The molecule has 22 heavy (non-hydrogen) atoms. The summed E-state index contributed by atoms with van der Waals surface area (Å²) in [6, 6.07) is 3.87. The number of nitrogens with two attached hydrogens (primary N) is 1. The van der Waals surface area contributed by atoms with Crippen molar-refractivity contribution in [3.63, 3.8) is 0 Å². The van der Waals surface area contributed by atoms with Crippen LogP contribution in [0.3, 0.4) is 0 Å². The second-order valence-corrected chi connectivity index (χ2v) is 8.16. The number of aromatic nitrogens is 2. The van der Waals surface area contributed by atoms with Gasteiger partial charge < -0.3 is 4.42 Å². The predicted octanol–water partition coefficient (Wildman–Crippen LogP) is 1.30. The maximum absolute atomic E-state index is 11.2. The fourth-order valence-electron chi connectivity index (χ4n) is 2.77. The summed E-state index contributed by atoms with van der Waals surface area (Å²) < 4.78 is 28.1. The third kappa shape index (κ3) is 4.13. The van der Waals surface area contributed by atoms with E-state index < -0.39 is 10.0 Å². The molecule has 0 unspecified atom stereocenters. The number of thiophene rings is 1. The molecule has 1 aliphatic rings. The molecule has 2 N–H and O–H groups in total. The van der Waals surface area contributed by atoms with Gasteiger partial charge in [0.15, 0.2) is 0 Å². The molecule has 2 aromatic rings. The molecule has 0 amide bonds. The second kappa shape index (κ2) is 6.45. The summed E-state index contributed by atoms with van der Waals surface area (Å²) in [4.78, 5) is 3.09. The molecule has 1 fully saturated rings. The van der Waals surface area contributed by atoms with Crippen molar-refractivity contribution in [2.24, 2.45) is 11.1 Å². The Morgan fingerprint density at radius 1 is 1.45 bits per heavy atom. The maximum atomic E-state index is 11.2. The van der Waals surface area contributed by atoms with Crippen LogP contribution in [0.4, 0.5) is 0 Å². The first-order valence-corrected chi connectivity index (χ1v) is 9.68. The highest BCUT2D eigenvalue weighted by Crippen LogP contribution is 2.24. The van der Waals surface area contributed by atoms with Gasteiger partial charge in [-0.25, -0.2) is 13.6 Å². The van der Waals surface area contributed by atoms with E-state index >= 15 is 0 Å². The normalized spacial score (nSPS) is 20.3. The van der Waals surface area contributed by atoms with Gasteiger partial charge in [-0.1, -0.05) is 6.07 Å². The molecule has 7 nitrogen and oxygen atoms in total. The van der Waals surface area contributed by atoms with Crippen molar-refractivity contribution in [1.82, 2.24) is 15.1 Å². The summed E-state index contributed by atoms with van der Waals surface area (Å²) in [5, 5.41) is 15.2. The highest BCUT2D eigenvalue weighted by molar-refractivity contribution is 7.89. The van der Waals surface area contributed by atoms with Gasteiger partial charge in [-0.15, -0.1) is 21.5 Å². The Balaban J connectivity index is 1.61. The van der Waals surface area contributed by atoms with Crippen molar-refractivity contribution in [2.45, 2.75) is 19.4 Å². The van der Waals surface area contributed by atoms with Gasteiger partial charge >= 0.3 is 0 Å². The number of rotatable bonds is 5. The standard InChI is InChI=1S/C13H18N4O3S2/c14-22(18,19)9-10-3-1-5-17(7-10)8-12-15-16-13(20-12)11-4-2-6-21-11/h2,4,6,10H,1,3,5,7-9H2,(H2,14,18,19)/t10-/m1/s1. The van der Waals surface area contributed by atoms with Crippen LogP contribution in [-0.4, -0.2) is 42.4 Å². The molecule has 2 aromatic heterocycles. The summed E-state index contributed by atoms with van der Waals surface area (Å²) in [5.41, 5.74) is 0. The molecule has 9 heteroatoms. The molecule has 0 radical (unpaired) electrons. The van der Waals surface area contributed by atoms with Crippen molar-refractivity contribution < 1.29 is 12.8 Å². The lowest BCUT2D eigenvalue weighted by Gasteiger charge is -2.31. The van der Waals surface area contributed by atoms with Gasteiger partial charge in [0.25, 0.3) is 5.89 Å². The first-order chi connectivity index (χ1) is 10.5. The van der Waals surface area contributed by atoms with E-state index in [0.29, 0.717) is 24.9 Å². The number of hydrogen-bond acceptors (Lipinski definition) is 7. The second-order valence-electron chi connectivity index (χ2n) is 5.55. The molecule has 3 rings (SSSR count). The number of piperidine rings is 1. The van der Waals surface area contributed by atoms with E-state index in [2.05, 4.69) is 15.1 Å². The number of likely N-dealkylation sites (tertiary alicyclic amines) is 1. The molecule has 1 atom stereocenters. The predicted molar refractivity (Wildman–Crippen MR) is 83.6 cm³/mol.